The molecule has 7 heteroatoms. The van der Waals surface area contributed by atoms with Crippen molar-refractivity contribution < 1.29 is 13.2 Å². The van der Waals surface area contributed by atoms with Crippen molar-refractivity contribution in [2.45, 2.75) is 73.3 Å². The number of carbonyl (C=O) groups excluding carboxylic acids is 1. The number of nitrogens with zero attached hydrogens (tertiary/aromatic N) is 2. The molecule has 0 saturated carbocycles. The van der Waals surface area contributed by atoms with Crippen LogP contribution in [0.3, 0.4) is 0 Å². The molecule has 0 spiro atoms. The summed E-state index contributed by atoms with van der Waals surface area (Å²) in [5.74, 6) is -0.0176. The molecule has 0 aliphatic heterocycles. The molecular weight excluding hydrogens is 386 g/mol. The largest absolute Gasteiger partial charge is 0.336 e. The fraction of sp³-hybridized carbons (Fsp3) is 0.682. The van der Waals surface area contributed by atoms with Crippen LogP contribution in [0.25, 0.3) is 0 Å². The first-order valence-corrected chi connectivity index (χ1v) is 12.2. The summed E-state index contributed by atoms with van der Waals surface area (Å²) in [6, 6.07) is 7.96. The fourth-order valence-corrected chi connectivity index (χ4v) is 5.56. The summed E-state index contributed by atoms with van der Waals surface area (Å²) in [5.41, 5.74) is 0.581. The van der Waals surface area contributed by atoms with Crippen molar-refractivity contribution in [2.75, 3.05) is 18.4 Å². The Bertz CT molecular complexity index is 689. The van der Waals surface area contributed by atoms with E-state index in [1.807, 2.05) is 59.7 Å². The molecule has 0 saturated heterocycles. The van der Waals surface area contributed by atoms with Crippen molar-refractivity contribution in [3.8, 4) is 0 Å². The molecule has 0 heterocycles. The number of urea groups is 1. The Kier molecular flexibility index (Phi) is 10.7. The van der Waals surface area contributed by atoms with Crippen molar-refractivity contribution in [2.24, 2.45) is 11.8 Å². The quantitative estimate of drug-likeness (QED) is 0.491. The van der Waals surface area contributed by atoms with E-state index in [-0.39, 0.29) is 11.8 Å². The number of hydrogen-bond acceptors (Lipinski definition) is 3. The first-order valence-electron chi connectivity index (χ1n) is 10.8. The topological polar surface area (TPSA) is 69.7 Å². The van der Waals surface area contributed by atoms with Crippen LogP contribution in [-0.2, 0) is 10.2 Å². The minimum atomic E-state index is -3.96. The highest BCUT2D eigenvalue weighted by molar-refractivity contribution is 7.87. The van der Waals surface area contributed by atoms with Crippen molar-refractivity contribution in [1.82, 2.24) is 8.61 Å². The summed E-state index contributed by atoms with van der Waals surface area (Å²) < 4.78 is 30.0. The van der Waals surface area contributed by atoms with Gasteiger partial charge in [-0.2, -0.15) is 12.7 Å². The van der Waals surface area contributed by atoms with Gasteiger partial charge in [-0.25, -0.2) is 9.10 Å². The third kappa shape index (κ3) is 7.30. The molecule has 0 unspecified atom stereocenters. The maximum absolute atomic E-state index is 13.7. The van der Waals surface area contributed by atoms with Crippen molar-refractivity contribution in [3.63, 3.8) is 0 Å². The minimum absolute atomic E-state index is 0.00880. The lowest BCUT2D eigenvalue weighted by atomic mass is 9.93. The van der Waals surface area contributed by atoms with E-state index in [0.29, 0.717) is 18.8 Å². The molecule has 0 aliphatic rings. The number of benzene rings is 1. The lowest BCUT2D eigenvalue weighted by molar-refractivity contribution is 0.184. The van der Waals surface area contributed by atoms with E-state index in [0.717, 1.165) is 30.0 Å². The predicted octanol–water partition coefficient (Wildman–Crippen LogP) is 5.35. The number of para-hydroxylation sites is 1. The van der Waals surface area contributed by atoms with E-state index >= 15 is 0 Å². The van der Waals surface area contributed by atoms with Gasteiger partial charge in [0, 0.05) is 18.8 Å². The van der Waals surface area contributed by atoms with Crippen LogP contribution < -0.4 is 5.32 Å². The Hall–Kier alpha value is -1.60. The zero-order chi connectivity index (χ0) is 22.0. The van der Waals surface area contributed by atoms with Crippen LogP contribution in [0.4, 0.5) is 10.5 Å². The van der Waals surface area contributed by atoms with Crippen LogP contribution >= 0.6 is 0 Å². The first-order chi connectivity index (χ1) is 13.7. The van der Waals surface area contributed by atoms with Crippen LogP contribution in [-0.4, -0.2) is 42.2 Å². The Morgan fingerprint density at radius 1 is 0.931 bits per heavy atom. The normalized spacial score (nSPS) is 12.2. The van der Waals surface area contributed by atoms with E-state index < -0.39 is 22.3 Å². The number of anilines is 1. The zero-order valence-corrected chi connectivity index (χ0v) is 19.7. The van der Waals surface area contributed by atoms with E-state index in [9.17, 15) is 13.2 Å². The maximum atomic E-state index is 13.7. The Labute approximate surface area is 177 Å². The SMILES string of the molecule is CCCCN(CCCC)S(=O)(=O)N(C(=O)Nc1ccccc1)C(C(C)C)C(C)C. The smallest absolute Gasteiger partial charge is 0.307 e. The van der Waals surface area contributed by atoms with Gasteiger partial charge in [0.15, 0.2) is 0 Å². The summed E-state index contributed by atoms with van der Waals surface area (Å²) in [4.78, 5) is 13.3. The standard InChI is InChI=1S/C22H39N3O3S/c1-7-9-16-24(17-10-8-2)29(27,28)25(21(18(3)4)19(5)6)22(26)23-20-14-12-11-13-15-20/h11-15,18-19,21H,7-10,16-17H2,1-6H3,(H,23,26). The summed E-state index contributed by atoms with van der Waals surface area (Å²) in [7, 11) is -3.96. The monoisotopic (exact) mass is 425 g/mol. The Balaban J connectivity index is 3.36. The first kappa shape index (κ1) is 25.4. The van der Waals surface area contributed by atoms with Gasteiger partial charge in [-0.05, 0) is 36.8 Å². The second-order valence-electron chi connectivity index (χ2n) is 8.18. The molecule has 0 fully saturated rings. The van der Waals surface area contributed by atoms with Crippen LogP contribution in [0.2, 0.25) is 0 Å². The van der Waals surface area contributed by atoms with Crippen LogP contribution in [0.5, 0.6) is 0 Å². The van der Waals surface area contributed by atoms with Gasteiger partial charge in [0.2, 0.25) is 0 Å². The van der Waals surface area contributed by atoms with Gasteiger partial charge in [0.25, 0.3) is 0 Å². The van der Waals surface area contributed by atoms with Crippen molar-refractivity contribution in [1.29, 1.82) is 0 Å². The summed E-state index contributed by atoms with van der Waals surface area (Å²) in [5, 5.41) is 2.79. The number of carbonyl (C=O) groups is 1. The molecule has 6 nitrogen and oxygen atoms in total. The molecule has 0 aromatic heterocycles. The fourth-order valence-electron chi connectivity index (χ4n) is 3.54. The average Bonchev–Trinajstić information content (AvgIpc) is 2.65. The molecule has 1 N–H and O–H groups in total. The Morgan fingerprint density at radius 2 is 1.41 bits per heavy atom. The highest BCUT2D eigenvalue weighted by Gasteiger charge is 2.41. The predicted molar refractivity (Wildman–Crippen MR) is 121 cm³/mol. The third-order valence-electron chi connectivity index (χ3n) is 4.96. The van der Waals surface area contributed by atoms with Gasteiger partial charge in [-0.15, -0.1) is 0 Å². The molecule has 0 bridgehead atoms. The van der Waals surface area contributed by atoms with E-state index in [2.05, 4.69) is 5.32 Å². The van der Waals surface area contributed by atoms with Gasteiger partial charge >= 0.3 is 16.2 Å². The number of hydrogen-bond donors (Lipinski definition) is 1. The second-order valence-corrected chi connectivity index (χ2v) is 9.99. The molecule has 0 atom stereocenters. The molecule has 1 aromatic rings. The van der Waals surface area contributed by atoms with E-state index in [4.69, 9.17) is 0 Å². The maximum Gasteiger partial charge on any atom is 0.336 e. The Morgan fingerprint density at radius 3 is 1.83 bits per heavy atom. The highest BCUT2D eigenvalue weighted by atomic mass is 32.2. The van der Waals surface area contributed by atoms with E-state index in [1.54, 1.807) is 12.1 Å². The average molecular weight is 426 g/mol. The van der Waals surface area contributed by atoms with Crippen molar-refractivity contribution >= 4 is 21.9 Å². The molecule has 166 valence electrons. The van der Waals surface area contributed by atoms with Gasteiger partial charge in [-0.3, -0.25) is 0 Å². The number of nitrogens with one attached hydrogen (secondary N) is 1. The minimum Gasteiger partial charge on any atom is -0.307 e. The van der Waals surface area contributed by atoms with Gasteiger partial charge < -0.3 is 5.32 Å². The third-order valence-corrected chi connectivity index (χ3v) is 6.88. The molecular formula is C22H39N3O3S. The number of amides is 2. The van der Waals surface area contributed by atoms with E-state index in [1.165, 1.54) is 4.31 Å². The molecule has 0 radical (unpaired) electrons. The molecule has 1 aromatic carbocycles. The lowest BCUT2D eigenvalue weighted by Crippen LogP contribution is -2.56. The van der Waals surface area contributed by atoms with Gasteiger partial charge in [0.1, 0.15) is 0 Å². The summed E-state index contributed by atoms with van der Waals surface area (Å²) in [6.45, 7) is 12.8. The number of unbranched alkanes of at least 4 members (excludes halogenated alkanes) is 2. The summed E-state index contributed by atoms with van der Waals surface area (Å²) in [6.07, 6.45) is 3.33. The summed E-state index contributed by atoms with van der Waals surface area (Å²) >= 11 is 0. The van der Waals surface area contributed by atoms with Gasteiger partial charge in [-0.1, -0.05) is 72.6 Å². The highest BCUT2D eigenvalue weighted by Crippen LogP contribution is 2.26. The molecule has 0 aliphatic carbocycles. The number of rotatable bonds is 12. The van der Waals surface area contributed by atoms with Crippen LogP contribution in [0.15, 0.2) is 30.3 Å². The lowest BCUT2D eigenvalue weighted by Gasteiger charge is -2.39. The zero-order valence-electron chi connectivity index (χ0n) is 18.9. The molecule has 29 heavy (non-hydrogen) atoms. The molecule has 1 rings (SSSR count). The molecule has 2 amide bonds. The second kappa shape index (κ2) is 12.2. The van der Waals surface area contributed by atoms with Gasteiger partial charge in [0.05, 0.1) is 6.04 Å². The van der Waals surface area contributed by atoms with Crippen LogP contribution in [0, 0.1) is 11.8 Å². The van der Waals surface area contributed by atoms with Crippen molar-refractivity contribution in [3.05, 3.63) is 30.3 Å². The van der Waals surface area contributed by atoms with Crippen LogP contribution in [0.1, 0.15) is 67.2 Å².